The molecule has 7 atom stereocenters. The lowest BCUT2D eigenvalue weighted by molar-refractivity contribution is -0.00604. The van der Waals surface area contributed by atoms with Crippen molar-refractivity contribution in [2.45, 2.75) is 44.2 Å². The van der Waals surface area contributed by atoms with E-state index in [0.29, 0.717) is 11.7 Å². The highest BCUT2D eigenvalue weighted by molar-refractivity contribution is 5.98. The molecule has 7 unspecified atom stereocenters. The third-order valence-electron chi connectivity index (χ3n) is 7.28. The quantitative estimate of drug-likeness (QED) is 0.777. The zero-order valence-corrected chi connectivity index (χ0v) is 13.3. The van der Waals surface area contributed by atoms with Crippen molar-refractivity contribution in [2.75, 3.05) is 7.05 Å². The van der Waals surface area contributed by atoms with Gasteiger partial charge in [0.15, 0.2) is 5.78 Å². The van der Waals surface area contributed by atoms with Gasteiger partial charge in [0.1, 0.15) is 0 Å². The zero-order valence-electron chi connectivity index (χ0n) is 13.3. The van der Waals surface area contributed by atoms with Crippen molar-refractivity contribution in [3.63, 3.8) is 0 Å². The van der Waals surface area contributed by atoms with E-state index in [0.717, 1.165) is 41.8 Å². The van der Waals surface area contributed by atoms with Crippen LogP contribution in [0.25, 0.3) is 0 Å². The van der Waals surface area contributed by atoms with Crippen molar-refractivity contribution >= 4 is 5.78 Å². The molecule has 22 heavy (non-hydrogen) atoms. The van der Waals surface area contributed by atoms with E-state index >= 15 is 0 Å². The normalized spacial score (nSPS) is 46.0. The van der Waals surface area contributed by atoms with Gasteiger partial charge in [-0.1, -0.05) is 36.8 Å². The minimum atomic E-state index is 0.289. The molecule has 4 aliphatic rings. The van der Waals surface area contributed by atoms with Crippen LogP contribution in [0.3, 0.4) is 0 Å². The molecule has 4 fully saturated rings. The van der Waals surface area contributed by atoms with Gasteiger partial charge in [0.2, 0.25) is 0 Å². The summed E-state index contributed by atoms with van der Waals surface area (Å²) in [4.78, 5) is 15.7. The fraction of sp³-hybridized carbons (Fsp3) is 0.650. The molecule has 2 bridgehead atoms. The predicted molar refractivity (Wildman–Crippen MR) is 86.6 cm³/mol. The molecule has 2 aliphatic carbocycles. The predicted octanol–water partition coefficient (Wildman–Crippen LogP) is 3.62. The first-order valence-electron chi connectivity index (χ1n) is 9.07. The van der Waals surface area contributed by atoms with E-state index in [1.165, 1.54) is 25.7 Å². The van der Waals surface area contributed by atoms with E-state index in [-0.39, 0.29) is 5.92 Å². The topological polar surface area (TPSA) is 20.3 Å². The second-order valence-electron chi connectivity index (χ2n) is 8.12. The van der Waals surface area contributed by atoms with Gasteiger partial charge in [-0.25, -0.2) is 0 Å². The molecule has 2 heterocycles. The van der Waals surface area contributed by atoms with E-state index in [4.69, 9.17) is 0 Å². The average Bonchev–Trinajstić information content (AvgIpc) is 3.30. The summed E-state index contributed by atoms with van der Waals surface area (Å²) in [6.07, 6.45) is 6.47. The summed E-state index contributed by atoms with van der Waals surface area (Å²) in [5, 5.41) is 0. The highest BCUT2D eigenvalue weighted by atomic mass is 16.1. The monoisotopic (exact) mass is 295 g/mol. The van der Waals surface area contributed by atoms with Crippen LogP contribution in [0.15, 0.2) is 30.3 Å². The minimum absolute atomic E-state index is 0.289. The van der Waals surface area contributed by atoms with Gasteiger partial charge in [0.25, 0.3) is 0 Å². The van der Waals surface area contributed by atoms with Crippen molar-refractivity contribution < 1.29 is 4.79 Å². The van der Waals surface area contributed by atoms with Gasteiger partial charge in [-0.2, -0.15) is 0 Å². The number of fused-ring (bicyclic) bond motifs is 7. The zero-order chi connectivity index (χ0) is 14.8. The smallest absolute Gasteiger partial charge is 0.166 e. The molecule has 1 aromatic carbocycles. The summed E-state index contributed by atoms with van der Waals surface area (Å²) in [5.74, 6) is 4.08. The van der Waals surface area contributed by atoms with Crippen LogP contribution in [0.5, 0.6) is 0 Å². The third kappa shape index (κ3) is 1.73. The van der Waals surface area contributed by atoms with Gasteiger partial charge in [-0.15, -0.1) is 0 Å². The van der Waals surface area contributed by atoms with Gasteiger partial charge >= 0.3 is 0 Å². The van der Waals surface area contributed by atoms with Crippen molar-refractivity contribution in [1.82, 2.24) is 4.90 Å². The van der Waals surface area contributed by atoms with Gasteiger partial charge in [-0.05, 0) is 56.4 Å². The SMILES string of the molecule is CN1C2CC3C(C(=O)c4ccccc4)CCCC3C1C1CC12. The average molecular weight is 295 g/mol. The van der Waals surface area contributed by atoms with Gasteiger partial charge in [0.05, 0.1) is 0 Å². The Morgan fingerprint density at radius 2 is 1.82 bits per heavy atom. The number of piperidine rings is 2. The molecule has 2 saturated heterocycles. The minimum Gasteiger partial charge on any atom is -0.300 e. The van der Waals surface area contributed by atoms with Gasteiger partial charge in [0, 0.05) is 23.6 Å². The number of hydrogen-bond acceptors (Lipinski definition) is 2. The Labute approximate surface area is 132 Å². The van der Waals surface area contributed by atoms with Crippen LogP contribution in [0, 0.1) is 29.6 Å². The summed E-state index contributed by atoms with van der Waals surface area (Å²) < 4.78 is 0. The molecular weight excluding hydrogens is 270 g/mol. The van der Waals surface area contributed by atoms with E-state index in [9.17, 15) is 4.79 Å². The maximum atomic E-state index is 13.0. The number of nitrogens with zero attached hydrogens (tertiary/aromatic N) is 1. The highest BCUT2D eigenvalue weighted by Crippen LogP contribution is 2.63. The number of carbonyl (C=O) groups is 1. The number of rotatable bonds is 2. The Morgan fingerprint density at radius 3 is 2.64 bits per heavy atom. The number of Topliss-reactive ketones (excluding diaryl/α,β-unsaturated/α-hetero) is 1. The molecule has 0 spiro atoms. The first-order valence-corrected chi connectivity index (χ1v) is 9.07. The molecule has 2 aliphatic heterocycles. The molecule has 0 aromatic heterocycles. The summed E-state index contributed by atoms with van der Waals surface area (Å²) in [5.41, 5.74) is 0.935. The van der Waals surface area contributed by atoms with Crippen LogP contribution in [0.2, 0.25) is 0 Å². The second-order valence-corrected chi connectivity index (χ2v) is 8.12. The molecule has 2 saturated carbocycles. The Kier molecular flexibility index (Phi) is 2.83. The van der Waals surface area contributed by atoms with Crippen LogP contribution >= 0.6 is 0 Å². The molecule has 2 heteroatoms. The summed E-state index contributed by atoms with van der Waals surface area (Å²) >= 11 is 0. The van der Waals surface area contributed by atoms with E-state index in [1.807, 2.05) is 30.3 Å². The lowest BCUT2D eigenvalue weighted by Gasteiger charge is -2.50. The Hall–Kier alpha value is -1.15. The highest BCUT2D eigenvalue weighted by Gasteiger charge is 2.64. The first kappa shape index (κ1) is 13.3. The van der Waals surface area contributed by atoms with Crippen LogP contribution < -0.4 is 0 Å². The standard InChI is InChI=1S/C20H25NO/c1-21-18-11-15-13(19(21)17-10-16(17)18)8-5-9-14(15)20(22)12-6-3-2-4-7-12/h2-4,6-7,13-19H,5,8-11H2,1H3. The summed E-state index contributed by atoms with van der Waals surface area (Å²) in [6.45, 7) is 0. The molecule has 2 nitrogen and oxygen atoms in total. The van der Waals surface area contributed by atoms with Crippen LogP contribution in [-0.2, 0) is 0 Å². The number of carbonyl (C=O) groups excluding carboxylic acids is 1. The fourth-order valence-corrected chi connectivity index (χ4v) is 6.34. The van der Waals surface area contributed by atoms with E-state index in [1.54, 1.807) is 0 Å². The van der Waals surface area contributed by atoms with Crippen molar-refractivity contribution in [3.8, 4) is 0 Å². The Balaban J connectivity index is 1.45. The molecule has 0 radical (unpaired) electrons. The Morgan fingerprint density at radius 1 is 1.00 bits per heavy atom. The maximum Gasteiger partial charge on any atom is 0.166 e. The van der Waals surface area contributed by atoms with Crippen molar-refractivity contribution in [2.24, 2.45) is 29.6 Å². The molecule has 1 aromatic rings. The lowest BCUT2D eigenvalue weighted by Crippen LogP contribution is -2.53. The maximum absolute atomic E-state index is 13.0. The van der Waals surface area contributed by atoms with Crippen LogP contribution in [-0.4, -0.2) is 29.8 Å². The van der Waals surface area contributed by atoms with Crippen LogP contribution in [0.1, 0.15) is 42.5 Å². The van der Waals surface area contributed by atoms with E-state index in [2.05, 4.69) is 11.9 Å². The second kappa shape index (κ2) is 4.67. The number of hydrogen-bond donors (Lipinski definition) is 0. The Bertz CT molecular complexity index is 597. The van der Waals surface area contributed by atoms with Crippen molar-refractivity contribution in [1.29, 1.82) is 0 Å². The molecule has 0 amide bonds. The van der Waals surface area contributed by atoms with Crippen LogP contribution in [0.4, 0.5) is 0 Å². The first-order chi connectivity index (χ1) is 10.8. The molecule has 0 N–H and O–H groups in total. The van der Waals surface area contributed by atoms with E-state index < -0.39 is 0 Å². The molecular formula is C20H25NO. The van der Waals surface area contributed by atoms with Gasteiger partial charge < -0.3 is 0 Å². The van der Waals surface area contributed by atoms with Gasteiger partial charge in [-0.3, -0.25) is 9.69 Å². The fourth-order valence-electron chi connectivity index (χ4n) is 6.34. The van der Waals surface area contributed by atoms with Crippen molar-refractivity contribution in [3.05, 3.63) is 35.9 Å². The number of benzene rings is 1. The molecule has 116 valence electrons. The number of ketones is 1. The largest absolute Gasteiger partial charge is 0.300 e. The summed E-state index contributed by atoms with van der Waals surface area (Å²) in [7, 11) is 2.35. The molecule has 5 rings (SSSR count). The summed E-state index contributed by atoms with van der Waals surface area (Å²) in [6, 6.07) is 11.6. The third-order valence-corrected chi connectivity index (χ3v) is 7.28. The lowest BCUT2D eigenvalue weighted by atomic mass is 9.63.